The van der Waals surface area contributed by atoms with Crippen LogP contribution in [0.2, 0.25) is 0 Å². The molecule has 2 rings (SSSR count). The number of hydrogen-bond acceptors (Lipinski definition) is 4. The van der Waals surface area contributed by atoms with Gasteiger partial charge in [0.2, 0.25) is 0 Å². The number of methoxy groups -OCH3 is 1. The van der Waals surface area contributed by atoms with Gasteiger partial charge >= 0.3 is 6.18 Å². The van der Waals surface area contributed by atoms with E-state index in [0.717, 1.165) is 23.7 Å². The Morgan fingerprint density at radius 2 is 1.83 bits per heavy atom. The van der Waals surface area contributed by atoms with Gasteiger partial charge in [-0.1, -0.05) is 12.1 Å². The second-order valence-electron chi connectivity index (χ2n) is 6.97. The molecule has 1 heterocycles. The third-order valence-corrected chi connectivity index (χ3v) is 5.02. The summed E-state index contributed by atoms with van der Waals surface area (Å²) < 4.78 is 49.4. The van der Waals surface area contributed by atoms with Crippen LogP contribution in [0, 0.1) is 0 Å². The van der Waals surface area contributed by atoms with Crippen molar-refractivity contribution in [1.29, 1.82) is 0 Å². The molecule has 0 radical (unpaired) electrons. The van der Waals surface area contributed by atoms with E-state index in [0.29, 0.717) is 45.9 Å². The Morgan fingerprint density at radius 3 is 2.38 bits per heavy atom. The highest BCUT2D eigenvalue weighted by molar-refractivity contribution is 5.79. The molecule has 29 heavy (non-hydrogen) atoms. The highest BCUT2D eigenvalue weighted by Crippen LogP contribution is 2.25. The van der Waals surface area contributed by atoms with Crippen LogP contribution in [0.15, 0.2) is 29.3 Å². The van der Waals surface area contributed by atoms with Gasteiger partial charge in [-0.3, -0.25) is 9.89 Å². The van der Waals surface area contributed by atoms with Crippen LogP contribution in [0.4, 0.5) is 13.2 Å². The topological polar surface area (TPSA) is 49.3 Å². The molecule has 1 aromatic carbocycles. The summed E-state index contributed by atoms with van der Waals surface area (Å²) in [6.07, 6.45) is -3.38. The first-order chi connectivity index (χ1) is 13.8. The molecule has 0 aliphatic carbocycles. The lowest BCUT2D eigenvalue weighted by molar-refractivity contribution is -0.181. The van der Waals surface area contributed by atoms with Crippen LogP contribution in [0.1, 0.15) is 18.9 Å². The number of nitrogens with zero attached hydrogens (tertiary/aromatic N) is 3. The van der Waals surface area contributed by atoms with Crippen molar-refractivity contribution in [2.24, 2.45) is 4.99 Å². The number of guanidine groups is 1. The van der Waals surface area contributed by atoms with Crippen LogP contribution in [0.3, 0.4) is 0 Å². The maximum atomic E-state index is 12.9. The van der Waals surface area contributed by atoms with Crippen molar-refractivity contribution < 1.29 is 22.6 Å². The molecule has 1 aliphatic rings. The van der Waals surface area contributed by atoms with Gasteiger partial charge in [-0.05, 0) is 31.0 Å². The normalized spacial score (nSPS) is 17.3. The average Bonchev–Trinajstić information content (AvgIpc) is 2.72. The van der Waals surface area contributed by atoms with Gasteiger partial charge in [0, 0.05) is 46.4 Å². The van der Waals surface area contributed by atoms with Gasteiger partial charge in [0.1, 0.15) is 11.8 Å². The Kier molecular flexibility index (Phi) is 9.03. The van der Waals surface area contributed by atoms with E-state index in [1.54, 1.807) is 14.2 Å². The van der Waals surface area contributed by atoms with Crippen LogP contribution < -0.4 is 10.1 Å². The molecule has 1 aromatic rings. The molecule has 1 fully saturated rings. The second kappa shape index (κ2) is 11.3. The monoisotopic (exact) mass is 416 g/mol. The fraction of sp³-hybridized carbons (Fsp3) is 0.650. The zero-order chi connectivity index (χ0) is 21.3. The smallest absolute Gasteiger partial charge is 0.403 e. The number of ether oxygens (including phenoxy) is 2. The van der Waals surface area contributed by atoms with Crippen LogP contribution in [0.25, 0.3) is 0 Å². The van der Waals surface area contributed by atoms with E-state index in [1.165, 1.54) is 11.8 Å². The van der Waals surface area contributed by atoms with Gasteiger partial charge in [-0.2, -0.15) is 13.2 Å². The molecule has 1 unspecified atom stereocenters. The number of nitrogens with one attached hydrogen (secondary N) is 1. The Balaban J connectivity index is 1.63. The highest BCUT2D eigenvalue weighted by atomic mass is 19.4. The van der Waals surface area contributed by atoms with E-state index in [4.69, 9.17) is 9.47 Å². The average molecular weight is 416 g/mol. The fourth-order valence-corrected chi connectivity index (χ4v) is 3.15. The van der Waals surface area contributed by atoms with Crippen molar-refractivity contribution in [2.75, 3.05) is 53.5 Å². The molecule has 164 valence electrons. The maximum absolute atomic E-state index is 12.9. The molecule has 1 N–H and O–H groups in total. The van der Waals surface area contributed by atoms with Crippen molar-refractivity contribution >= 4 is 5.96 Å². The molecule has 0 saturated carbocycles. The molecular formula is C20H31F3N4O2. The summed E-state index contributed by atoms with van der Waals surface area (Å²) >= 11 is 0. The van der Waals surface area contributed by atoms with Crippen LogP contribution in [0.5, 0.6) is 5.75 Å². The van der Waals surface area contributed by atoms with Gasteiger partial charge in [0.15, 0.2) is 5.96 Å². The van der Waals surface area contributed by atoms with Crippen LogP contribution >= 0.6 is 0 Å². The van der Waals surface area contributed by atoms with Crippen molar-refractivity contribution in [1.82, 2.24) is 15.1 Å². The summed E-state index contributed by atoms with van der Waals surface area (Å²) in [5.74, 6) is 1.54. The number of aliphatic imine (C=N–C) groups is 1. The number of piperazine rings is 1. The van der Waals surface area contributed by atoms with Crippen molar-refractivity contribution in [3.8, 4) is 5.75 Å². The summed E-state index contributed by atoms with van der Waals surface area (Å²) in [7, 11) is 3.32. The number of halogens is 3. The van der Waals surface area contributed by atoms with Crippen molar-refractivity contribution in [2.45, 2.75) is 32.2 Å². The fourth-order valence-electron chi connectivity index (χ4n) is 3.15. The number of hydrogen-bond donors (Lipinski definition) is 1. The van der Waals surface area contributed by atoms with Gasteiger partial charge in [-0.15, -0.1) is 0 Å². The Labute approximate surface area is 170 Å². The second-order valence-corrected chi connectivity index (χ2v) is 6.97. The van der Waals surface area contributed by atoms with E-state index in [2.05, 4.69) is 10.3 Å². The van der Waals surface area contributed by atoms with Crippen LogP contribution in [-0.2, 0) is 11.3 Å². The van der Waals surface area contributed by atoms with E-state index in [-0.39, 0.29) is 0 Å². The molecule has 9 heteroatoms. The molecule has 0 spiro atoms. The van der Waals surface area contributed by atoms with Gasteiger partial charge in [0.25, 0.3) is 0 Å². The molecule has 0 aromatic heterocycles. The summed E-state index contributed by atoms with van der Waals surface area (Å²) in [6, 6.07) is 6.33. The maximum Gasteiger partial charge on any atom is 0.403 e. The minimum absolute atomic E-state index is 0.367. The quantitative estimate of drug-likeness (QED) is 0.401. The lowest BCUT2D eigenvalue weighted by atomic mass is 10.2. The molecule has 1 saturated heterocycles. The minimum atomic E-state index is -4.19. The summed E-state index contributed by atoms with van der Waals surface area (Å²) in [5.41, 5.74) is 1.08. The first kappa shape index (κ1) is 23.3. The highest BCUT2D eigenvalue weighted by Gasteiger charge is 2.41. The van der Waals surface area contributed by atoms with E-state index in [9.17, 15) is 13.2 Å². The van der Waals surface area contributed by atoms with E-state index >= 15 is 0 Å². The SMILES string of the molecule is CN=C(NCCCOCc1ccc(OC)cc1)N1CCN(C(C)C(F)(F)F)CC1. The van der Waals surface area contributed by atoms with Gasteiger partial charge in [-0.25, -0.2) is 0 Å². The third kappa shape index (κ3) is 7.40. The largest absolute Gasteiger partial charge is 0.497 e. The first-order valence-corrected chi connectivity index (χ1v) is 9.82. The molecule has 1 atom stereocenters. The zero-order valence-electron chi connectivity index (χ0n) is 17.3. The Morgan fingerprint density at radius 1 is 1.17 bits per heavy atom. The standard InChI is InChI=1S/C20H31F3N4O2/c1-16(20(21,22)23)26-10-12-27(13-11-26)19(24-2)25-9-4-14-29-15-17-5-7-18(28-3)8-6-17/h5-8,16H,4,9-15H2,1-3H3,(H,24,25). The number of benzene rings is 1. The molecule has 1 aliphatic heterocycles. The third-order valence-electron chi connectivity index (χ3n) is 5.02. The first-order valence-electron chi connectivity index (χ1n) is 9.82. The molecule has 6 nitrogen and oxygen atoms in total. The minimum Gasteiger partial charge on any atom is -0.497 e. The molecular weight excluding hydrogens is 385 g/mol. The number of alkyl halides is 3. The summed E-state index contributed by atoms with van der Waals surface area (Å²) in [6.45, 7) is 4.83. The van der Waals surface area contributed by atoms with Crippen molar-refractivity contribution in [3.63, 3.8) is 0 Å². The predicted molar refractivity (Wildman–Crippen MR) is 107 cm³/mol. The Bertz CT molecular complexity index is 630. The molecule has 0 bridgehead atoms. The summed E-state index contributed by atoms with van der Waals surface area (Å²) in [4.78, 5) is 7.72. The number of rotatable bonds is 8. The zero-order valence-corrected chi connectivity index (χ0v) is 17.3. The van der Waals surface area contributed by atoms with E-state index in [1.807, 2.05) is 29.2 Å². The van der Waals surface area contributed by atoms with Gasteiger partial charge in [0.05, 0.1) is 13.7 Å². The Hall–Kier alpha value is -2.00. The lowest BCUT2D eigenvalue weighted by Gasteiger charge is -2.39. The van der Waals surface area contributed by atoms with E-state index < -0.39 is 12.2 Å². The summed E-state index contributed by atoms with van der Waals surface area (Å²) in [5, 5.41) is 3.27. The van der Waals surface area contributed by atoms with Gasteiger partial charge < -0.3 is 19.7 Å². The van der Waals surface area contributed by atoms with Crippen LogP contribution in [-0.4, -0.2) is 81.5 Å². The predicted octanol–water partition coefficient (Wildman–Crippen LogP) is 2.75. The van der Waals surface area contributed by atoms with Crippen molar-refractivity contribution in [3.05, 3.63) is 29.8 Å². The molecule has 0 amide bonds. The lowest BCUT2D eigenvalue weighted by Crippen LogP contribution is -2.56.